The summed E-state index contributed by atoms with van der Waals surface area (Å²) in [7, 11) is 0. The first-order valence-electron chi connectivity index (χ1n) is 6.21. The van der Waals surface area contributed by atoms with Gasteiger partial charge in [-0.3, -0.25) is 4.79 Å². The summed E-state index contributed by atoms with van der Waals surface area (Å²) < 4.78 is 11.0. The number of hydrogen-bond acceptors (Lipinski definition) is 3. The van der Waals surface area contributed by atoms with Crippen molar-refractivity contribution in [1.82, 2.24) is 0 Å². The Morgan fingerprint density at radius 3 is 2.44 bits per heavy atom. The van der Waals surface area contributed by atoms with Crippen molar-refractivity contribution < 1.29 is 14.3 Å². The standard InChI is InChI=1S/C14H19ClO3/c1-3-7-17-11-5-6-14(18-8-4-2)12(9-11)13(16)10-15/h5-6,9H,3-4,7-8,10H2,1-2H3. The number of alkyl halides is 1. The summed E-state index contributed by atoms with van der Waals surface area (Å²) >= 11 is 5.60. The number of halogens is 1. The molecule has 0 aromatic heterocycles. The second-order valence-corrected chi connectivity index (χ2v) is 4.18. The van der Waals surface area contributed by atoms with Gasteiger partial charge in [0.1, 0.15) is 11.5 Å². The van der Waals surface area contributed by atoms with Crippen LogP contribution in [0.5, 0.6) is 11.5 Å². The minimum atomic E-state index is -0.148. The number of benzene rings is 1. The summed E-state index contributed by atoms with van der Waals surface area (Å²) in [6.07, 6.45) is 1.81. The third-order valence-corrected chi connectivity index (χ3v) is 2.55. The van der Waals surface area contributed by atoms with Crippen LogP contribution in [0.3, 0.4) is 0 Å². The maximum atomic E-state index is 11.8. The number of hydrogen-bond donors (Lipinski definition) is 0. The van der Waals surface area contributed by atoms with E-state index in [1.165, 1.54) is 0 Å². The van der Waals surface area contributed by atoms with Crippen LogP contribution in [0.4, 0.5) is 0 Å². The fourth-order valence-corrected chi connectivity index (χ4v) is 1.59. The van der Waals surface area contributed by atoms with Gasteiger partial charge in [0.2, 0.25) is 0 Å². The molecule has 0 fully saturated rings. The molecule has 0 amide bonds. The lowest BCUT2D eigenvalue weighted by Gasteiger charge is -2.12. The van der Waals surface area contributed by atoms with E-state index in [1.54, 1.807) is 12.1 Å². The molecular weight excluding hydrogens is 252 g/mol. The smallest absolute Gasteiger partial charge is 0.181 e. The first-order chi connectivity index (χ1) is 8.72. The van der Waals surface area contributed by atoms with Gasteiger partial charge in [0.15, 0.2) is 5.78 Å². The number of rotatable bonds is 8. The molecule has 0 radical (unpaired) electrons. The molecule has 0 bridgehead atoms. The highest BCUT2D eigenvalue weighted by atomic mass is 35.5. The number of carbonyl (C=O) groups is 1. The van der Waals surface area contributed by atoms with E-state index in [1.807, 2.05) is 19.9 Å². The maximum Gasteiger partial charge on any atom is 0.181 e. The van der Waals surface area contributed by atoms with E-state index in [0.717, 1.165) is 12.8 Å². The summed E-state index contributed by atoms with van der Waals surface area (Å²) in [5.41, 5.74) is 0.493. The zero-order valence-electron chi connectivity index (χ0n) is 10.9. The van der Waals surface area contributed by atoms with Gasteiger partial charge in [-0.25, -0.2) is 0 Å². The Labute approximate surface area is 113 Å². The Bertz CT molecular complexity index is 391. The van der Waals surface area contributed by atoms with Crippen LogP contribution in [0, 0.1) is 0 Å². The molecule has 0 N–H and O–H groups in total. The van der Waals surface area contributed by atoms with Gasteiger partial charge in [-0.15, -0.1) is 11.6 Å². The van der Waals surface area contributed by atoms with Gasteiger partial charge >= 0.3 is 0 Å². The lowest BCUT2D eigenvalue weighted by molar-refractivity contribution is 0.101. The van der Waals surface area contributed by atoms with Crippen LogP contribution in [0.2, 0.25) is 0 Å². The minimum absolute atomic E-state index is 0.0558. The van der Waals surface area contributed by atoms with Crippen molar-refractivity contribution in [1.29, 1.82) is 0 Å². The Kier molecular flexibility index (Phi) is 6.58. The maximum absolute atomic E-state index is 11.8. The Hall–Kier alpha value is -1.22. The van der Waals surface area contributed by atoms with Crippen LogP contribution in [-0.2, 0) is 0 Å². The fourth-order valence-electron chi connectivity index (χ4n) is 1.45. The SMILES string of the molecule is CCCOc1ccc(OCCC)c(C(=O)CCl)c1. The van der Waals surface area contributed by atoms with E-state index < -0.39 is 0 Å². The molecule has 100 valence electrons. The van der Waals surface area contributed by atoms with Crippen molar-refractivity contribution in [3.8, 4) is 11.5 Å². The van der Waals surface area contributed by atoms with Crippen LogP contribution in [-0.4, -0.2) is 24.9 Å². The monoisotopic (exact) mass is 270 g/mol. The Morgan fingerprint density at radius 2 is 1.83 bits per heavy atom. The second kappa shape index (κ2) is 7.98. The summed E-state index contributed by atoms with van der Waals surface area (Å²) in [5.74, 6) is 1.05. The molecule has 0 aliphatic carbocycles. The van der Waals surface area contributed by atoms with Crippen molar-refractivity contribution in [2.24, 2.45) is 0 Å². The third-order valence-electron chi connectivity index (χ3n) is 2.31. The molecule has 18 heavy (non-hydrogen) atoms. The van der Waals surface area contributed by atoms with Gasteiger partial charge in [-0.1, -0.05) is 13.8 Å². The van der Waals surface area contributed by atoms with E-state index in [9.17, 15) is 4.79 Å². The van der Waals surface area contributed by atoms with Gasteiger partial charge in [-0.05, 0) is 31.0 Å². The van der Waals surface area contributed by atoms with Gasteiger partial charge < -0.3 is 9.47 Å². The molecule has 0 heterocycles. The number of carbonyl (C=O) groups excluding carboxylic acids is 1. The van der Waals surface area contributed by atoms with Gasteiger partial charge in [0.05, 0.1) is 24.7 Å². The van der Waals surface area contributed by atoms with Crippen molar-refractivity contribution >= 4 is 17.4 Å². The molecule has 4 heteroatoms. The van der Waals surface area contributed by atoms with Gasteiger partial charge in [0.25, 0.3) is 0 Å². The third kappa shape index (κ3) is 4.22. The normalized spacial score (nSPS) is 10.2. The summed E-state index contributed by atoms with van der Waals surface area (Å²) in [5, 5.41) is 0. The van der Waals surface area contributed by atoms with Crippen LogP contribution in [0.1, 0.15) is 37.0 Å². The van der Waals surface area contributed by atoms with Gasteiger partial charge in [-0.2, -0.15) is 0 Å². The van der Waals surface area contributed by atoms with Crippen molar-refractivity contribution in [2.75, 3.05) is 19.1 Å². The highest BCUT2D eigenvalue weighted by Gasteiger charge is 2.13. The highest BCUT2D eigenvalue weighted by molar-refractivity contribution is 6.30. The fraction of sp³-hybridized carbons (Fsp3) is 0.500. The predicted molar refractivity (Wildman–Crippen MR) is 73.1 cm³/mol. The molecule has 0 saturated carbocycles. The van der Waals surface area contributed by atoms with Gasteiger partial charge in [0, 0.05) is 0 Å². The molecule has 0 atom stereocenters. The summed E-state index contributed by atoms with van der Waals surface area (Å²) in [6, 6.07) is 5.28. The van der Waals surface area contributed by atoms with Crippen molar-refractivity contribution in [2.45, 2.75) is 26.7 Å². The first kappa shape index (κ1) is 14.8. The molecule has 0 saturated heterocycles. The second-order valence-electron chi connectivity index (χ2n) is 3.91. The number of Topliss-reactive ketones (excluding diaryl/α,β-unsaturated/α-hetero) is 1. The summed E-state index contributed by atoms with van der Waals surface area (Å²) in [4.78, 5) is 11.8. The zero-order valence-corrected chi connectivity index (χ0v) is 11.6. The lowest BCUT2D eigenvalue weighted by Crippen LogP contribution is -2.07. The van der Waals surface area contributed by atoms with E-state index in [0.29, 0.717) is 30.3 Å². The van der Waals surface area contributed by atoms with Crippen LogP contribution < -0.4 is 9.47 Å². The largest absolute Gasteiger partial charge is 0.494 e. The molecule has 0 unspecified atom stereocenters. The molecule has 0 aliphatic rings. The topological polar surface area (TPSA) is 35.5 Å². The first-order valence-corrected chi connectivity index (χ1v) is 6.75. The molecule has 0 aliphatic heterocycles. The zero-order chi connectivity index (χ0) is 13.4. The number of ether oxygens (including phenoxy) is 2. The molecule has 3 nitrogen and oxygen atoms in total. The van der Waals surface area contributed by atoms with E-state index in [2.05, 4.69) is 0 Å². The van der Waals surface area contributed by atoms with Crippen LogP contribution in [0.25, 0.3) is 0 Å². The summed E-state index contributed by atoms with van der Waals surface area (Å²) in [6.45, 7) is 5.26. The predicted octanol–water partition coefficient (Wildman–Crippen LogP) is 3.69. The number of ketones is 1. The van der Waals surface area contributed by atoms with E-state index in [4.69, 9.17) is 21.1 Å². The van der Waals surface area contributed by atoms with Crippen molar-refractivity contribution in [3.63, 3.8) is 0 Å². The van der Waals surface area contributed by atoms with Crippen molar-refractivity contribution in [3.05, 3.63) is 23.8 Å². The average molecular weight is 271 g/mol. The minimum Gasteiger partial charge on any atom is -0.494 e. The average Bonchev–Trinajstić information content (AvgIpc) is 2.42. The Morgan fingerprint density at radius 1 is 1.17 bits per heavy atom. The van der Waals surface area contributed by atoms with Crippen LogP contribution in [0.15, 0.2) is 18.2 Å². The molecule has 1 aromatic rings. The van der Waals surface area contributed by atoms with E-state index in [-0.39, 0.29) is 11.7 Å². The molecule has 1 rings (SSSR count). The van der Waals surface area contributed by atoms with E-state index >= 15 is 0 Å². The quantitative estimate of drug-likeness (QED) is 0.534. The molecule has 1 aromatic carbocycles. The molecular formula is C14H19ClO3. The molecule has 0 spiro atoms. The Balaban J connectivity index is 2.92. The van der Waals surface area contributed by atoms with Crippen LogP contribution >= 0.6 is 11.6 Å². The highest BCUT2D eigenvalue weighted by Crippen LogP contribution is 2.25. The lowest BCUT2D eigenvalue weighted by atomic mass is 10.1.